The topological polar surface area (TPSA) is 67.5 Å². The molecule has 23 heavy (non-hydrogen) atoms. The van der Waals surface area contributed by atoms with Crippen LogP contribution in [0.15, 0.2) is 63.8 Å². The van der Waals surface area contributed by atoms with Crippen molar-refractivity contribution in [1.29, 1.82) is 0 Å². The zero-order valence-electron chi connectivity index (χ0n) is 12.7. The number of fused-ring (bicyclic) bond motifs is 1. The van der Waals surface area contributed by atoms with E-state index in [4.69, 9.17) is 4.42 Å². The van der Waals surface area contributed by atoms with E-state index in [1.807, 2.05) is 30.3 Å². The van der Waals surface area contributed by atoms with Crippen LogP contribution in [-0.4, -0.2) is 10.9 Å². The lowest BCUT2D eigenvalue weighted by Gasteiger charge is -2.17. The fourth-order valence-electron chi connectivity index (χ4n) is 2.81. The average molecular weight is 308 g/mol. The minimum atomic E-state index is -0.615. The molecule has 2 aromatic carbocycles. The summed E-state index contributed by atoms with van der Waals surface area (Å²) in [7, 11) is 0. The lowest BCUT2D eigenvalue weighted by atomic mass is 9.87. The van der Waals surface area contributed by atoms with Crippen LogP contribution >= 0.6 is 0 Å². The van der Waals surface area contributed by atoms with Gasteiger partial charge in [-0.2, -0.15) is 0 Å². The van der Waals surface area contributed by atoms with Crippen LogP contribution in [0.25, 0.3) is 11.0 Å². The maximum absolute atomic E-state index is 12.4. The SMILES string of the molecule is CC(=O)C[C@H](c1ccccc1)c1c(O)c2ccccc2oc1=O. The van der Waals surface area contributed by atoms with Crippen molar-refractivity contribution in [3.8, 4) is 5.75 Å². The van der Waals surface area contributed by atoms with E-state index in [9.17, 15) is 14.7 Å². The molecular weight excluding hydrogens is 292 g/mol. The summed E-state index contributed by atoms with van der Waals surface area (Å²) in [5.41, 5.74) is 0.635. The fraction of sp³-hybridized carbons (Fsp3) is 0.158. The second-order valence-electron chi connectivity index (χ2n) is 5.52. The van der Waals surface area contributed by atoms with Gasteiger partial charge in [0.2, 0.25) is 0 Å². The van der Waals surface area contributed by atoms with Gasteiger partial charge in [-0.3, -0.25) is 4.79 Å². The molecule has 0 aliphatic carbocycles. The number of hydrogen-bond acceptors (Lipinski definition) is 4. The van der Waals surface area contributed by atoms with Gasteiger partial charge in [0.15, 0.2) is 0 Å². The number of carbonyl (C=O) groups is 1. The first-order valence-corrected chi connectivity index (χ1v) is 7.37. The van der Waals surface area contributed by atoms with Gasteiger partial charge >= 0.3 is 5.63 Å². The third-order valence-electron chi connectivity index (χ3n) is 3.86. The van der Waals surface area contributed by atoms with Gasteiger partial charge in [0, 0.05) is 12.3 Å². The Morgan fingerprint density at radius 3 is 2.43 bits per heavy atom. The van der Waals surface area contributed by atoms with Crippen molar-refractivity contribution in [2.75, 3.05) is 0 Å². The van der Waals surface area contributed by atoms with Crippen molar-refractivity contribution >= 4 is 16.8 Å². The highest BCUT2D eigenvalue weighted by atomic mass is 16.4. The number of benzene rings is 2. The van der Waals surface area contributed by atoms with Crippen LogP contribution in [0, 0.1) is 0 Å². The fourth-order valence-corrected chi connectivity index (χ4v) is 2.81. The predicted octanol–water partition coefficient (Wildman–Crippen LogP) is 3.61. The van der Waals surface area contributed by atoms with Gasteiger partial charge in [-0.25, -0.2) is 4.79 Å². The normalized spacial score (nSPS) is 12.2. The summed E-state index contributed by atoms with van der Waals surface area (Å²) in [5, 5.41) is 11.1. The lowest BCUT2D eigenvalue weighted by Crippen LogP contribution is -2.16. The molecule has 3 aromatic rings. The van der Waals surface area contributed by atoms with Crippen LogP contribution in [0.4, 0.5) is 0 Å². The van der Waals surface area contributed by atoms with Crippen molar-refractivity contribution in [2.24, 2.45) is 0 Å². The maximum atomic E-state index is 12.4. The quantitative estimate of drug-likeness (QED) is 0.748. The molecule has 0 spiro atoms. The minimum Gasteiger partial charge on any atom is -0.507 e. The zero-order chi connectivity index (χ0) is 16.4. The summed E-state index contributed by atoms with van der Waals surface area (Å²) in [6, 6.07) is 16.0. The van der Waals surface area contributed by atoms with Crippen LogP contribution in [0.3, 0.4) is 0 Å². The number of aromatic hydroxyl groups is 1. The van der Waals surface area contributed by atoms with Crippen molar-refractivity contribution in [3.63, 3.8) is 0 Å². The largest absolute Gasteiger partial charge is 0.507 e. The molecule has 1 aromatic heterocycles. The summed E-state index contributed by atoms with van der Waals surface area (Å²) in [5.74, 6) is -0.715. The van der Waals surface area contributed by atoms with Crippen LogP contribution in [0.2, 0.25) is 0 Å². The molecule has 0 radical (unpaired) electrons. The molecule has 0 aliphatic heterocycles. The van der Waals surface area contributed by atoms with E-state index in [-0.39, 0.29) is 23.5 Å². The number of hydrogen-bond donors (Lipinski definition) is 1. The second kappa shape index (κ2) is 6.08. The molecule has 0 saturated carbocycles. The smallest absolute Gasteiger partial charge is 0.343 e. The third kappa shape index (κ3) is 2.88. The van der Waals surface area contributed by atoms with Gasteiger partial charge in [-0.15, -0.1) is 0 Å². The summed E-state index contributed by atoms with van der Waals surface area (Å²) < 4.78 is 5.33. The molecule has 0 aliphatic rings. The first-order valence-electron chi connectivity index (χ1n) is 7.37. The Kier molecular flexibility index (Phi) is 3.98. The lowest BCUT2D eigenvalue weighted by molar-refractivity contribution is -0.117. The van der Waals surface area contributed by atoms with Gasteiger partial charge in [0.1, 0.15) is 17.1 Å². The first kappa shape index (κ1) is 15.0. The molecule has 4 nitrogen and oxygen atoms in total. The summed E-state index contributed by atoms with van der Waals surface area (Å²) in [6.45, 7) is 1.47. The maximum Gasteiger partial charge on any atom is 0.343 e. The highest BCUT2D eigenvalue weighted by Gasteiger charge is 2.25. The molecule has 0 fully saturated rings. The molecule has 0 unspecified atom stereocenters. The second-order valence-corrected chi connectivity index (χ2v) is 5.52. The number of Topliss-reactive ketones (excluding diaryl/α,β-unsaturated/α-hetero) is 1. The Morgan fingerprint density at radius 2 is 1.74 bits per heavy atom. The van der Waals surface area contributed by atoms with Crippen molar-refractivity contribution < 1.29 is 14.3 Å². The molecular formula is C19H16O4. The number of ketones is 1. The van der Waals surface area contributed by atoms with E-state index < -0.39 is 11.5 Å². The predicted molar refractivity (Wildman–Crippen MR) is 87.7 cm³/mol. The number of rotatable bonds is 4. The highest BCUT2D eigenvalue weighted by Crippen LogP contribution is 2.35. The molecule has 1 atom stereocenters. The van der Waals surface area contributed by atoms with Gasteiger partial charge in [-0.05, 0) is 24.6 Å². The Labute approximate surface area is 133 Å². The van der Waals surface area contributed by atoms with E-state index in [1.54, 1.807) is 24.3 Å². The highest BCUT2D eigenvalue weighted by molar-refractivity contribution is 5.85. The monoisotopic (exact) mass is 308 g/mol. The molecule has 1 N–H and O–H groups in total. The van der Waals surface area contributed by atoms with E-state index in [2.05, 4.69) is 0 Å². The van der Waals surface area contributed by atoms with Gasteiger partial charge < -0.3 is 9.52 Å². The molecule has 3 rings (SSSR count). The molecule has 0 bridgehead atoms. The standard InChI is InChI=1S/C19H16O4/c1-12(20)11-15(13-7-3-2-4-8-13)17-18(21)14-9-5-6-10-16(14)23-19(17)22/h2-10,15,21H,11H2,1H3/t15-/m1/s1. The van der Waals surface area contributed by atoms with Crippen molar-refractivity contribution in [2.45, 2.75) is 19.3 Å². The summed E-state index contributed by atoms with van der Waals surface area (Å²) >= 11 is 0. The molecule has 4 heteroatoms. The van der Waals surface area contributed by atoms with Gasteiger partial charge in [-0.1, -0.05) is 42.5 Å². The Bertz CT molecular complexity index is 910. The van der Waals surface area contributed by atoms with Crippen LogP contribution in [0.5, 0.6) is 5.75 Å². The Hall–Kier alpha value is -2.88. The summed E-state index contributed by atoms with van der Waals surface area (Å²) in [4.78, 5) is 24.1. The first-order chi connectivity index (χ1) is 11.1. The average Bonchev–Trinajstić information content (AvgIpc) is 2.54. The Balaban J connectivity index is 2.26. The molecule has 0 amide bonds. The van der Waals surface area contributed by atoms with Crippen LogP contribution < -0.4 is 5.63 Å². The molecule has 116 valence electrons. The number of carbonyl (C=O) groups excluding carboxylic acids is 1. The number of para-hydroxylation sites is 1. The van der Waals surface area contributed by atoms with Crippen LogP contribution in [0.1, 0.15) is 30.4 Å². The Morgan fingerprint density at radius 1 is 1.09 bits per heavy atom. The zero-order valence-corrected chi connectivity index (χ0v) is 12.7. The van der Waals surface area contributed by atoms with E-state index in [0.29, 0.717) is 11.0 Å². The van der Waals surface area contributed by atoms with Crippen molar-refractivity contribution in [1.82, 2.24) is 0 Å². The summed E-state index contributed by atoms with van der Waals surface area (Å²) in [6.07, 6.45) is 0.126. The van der Waals surface area contributed by atoms with E-state index in [0.717, 1.165) is 5.56 Å². The van der Waals surface area contributed by atoms with E-state index in [1.165, 1.54) is 6.92 Å². The van der Waals surface area contributed by atoms with E-state index >= 15 is 0 Å². The van der Waals surface area contributed by atoms with Crippen LogP contribution in [-0.2, 0) is 4.79 Å². The molecule has 0 saturated heterocycles. The van der Waals surface area contributed by atoms with Gasteiger partial charge in [0.25, 0.3) is 0 Å². The van der Waals surface area contributed by atoms with Gasteiger partial charge in [0.05, 0.1) is 10.9 Å². The minimum absolute atomic E-state index is 0.0641. The molecule has 1 heterocycles. The third-order valence-corrected chi connectivity index (χ3v) is 3.86. The van der Waals surface area contributed by atoms with Crippen molar-refractivity contribution in [3.05, 3.63) is 76.1 Å².